The Hall–Kier alpha value is -1.52. The Morgan fingerprint density at radius 1 is 1.20 bits per heavy atom. The molecule has 104 valence electrons. The molecule has 0 saturated carbocycles. The molecule has 20 heavy (non-hydrogen) atoms. The molecular formula is C15H13BrClNO2. The Morgan fingerprint density at radius 2 is 1.95 bits per heavy atom. The van der Waals surface area contributed by atoms with Gasteiger partial charge in [0.25, 0.3) is 0 Å². The maximum Gasteiger partial charge on any atom is 0.227 e. The third-order valence-corrected chi connectivity index (χ3v) is 3.47. The third-order valence-electron chi connectivity index (χ3n) is 2.54. The number of para-hydroxylation sites is 1. The first-order chi connectivity index (χ1) is 9.65. The van der Waals surface area contributed by atoms with Crippen LogP contribution >= 0.6 is 27.5 Å². The summed E-state index contributed by atoms with van der Waals surface area (Å²) >= 11 is 9.25. The zero-order chi connectivity index (χ0) is 14.4. The second-order valence-electron chi connectivity index (χ2n) is 4.08. The van der Waals surface area contributed by atoms with Crippen molar-refractivity contribution >= 4 is 39.1 Å². The van der Waals surface area contributed by atoms with Gasteiger partial charge in [-0.25, -0.2) is 0 Å². The van der Waals surface area contributed by atoms with Crippen molar-refractivity contribution in [2.24, 2.45) is 0 Å². The summed E-state index contributed by atoms with van der Waals surface area (Å²) in [5.41, 5.74) is 0.655. The van der Waals surface area contributed by atoms with Crippen LogP contribution in [0.2, 0.25) is 5.02 Å². The van der Waals surface area contributed by atoms with Crippen LogP contribution in [0.3, 0.4) is 0 Å². The number of hydrogen-bond acceptors (Lipinski definition) is 2. The first-order valence-corrected chi connectivity index (χ1v) is 7.25. The van der Waals surface area contributed by atoms with E-state index in [0.717, 1.165) is 10.2 Å². The SMILES string of the molecule is O=C(CCOc1ccccc1)Nc1cc(Cl)ccc1Br. The zero-order valence-corrected chi connectivity index (χ0v) is 12.9. The van der Waals surface area contributed by atoms with Crippen molar-refractivity contribution in [1.29, 1.82) is 0 Å². The van der Waals surface area contributed by atoms with Gasteiger partial charge in [-0.3, -0.25) is 4.79 Å². The van der Waals surface area contributed by atoms with Crippen molar-refractivity contribution in [2.75, 3.05) is 11.9 Å². The number of carbonyl (C=O) groups excluding carboxylic acids is 1. The molecule has 2 aromatic carbocycles. The van der Waals surface area contributed by atoms with E-state index < -0.39 is 0 Å². The van der Waals surface area contributed by atoms with Gasteiger partial charge in [0, 0.05) is 9.50 Å². The summed E-state index contributed by atoms with van der Waals surface area (Å²) in [5.74, 6) is 0.633. The molecule has 0 aromatic heterocycles. The number of halogens is 2. The zero-order valence-electron chi connectivity index (χ0n) is 10.6. The summed E-state index contributed by atoms with van der Waals surface area (Å²) < 4.78 is 6.26. The average molecular weight is 355 g/mol. The van der Waals surface area contributed by atoms with Crippen LogP contribution in [0.15, 0.2) is 53.0 Å². The molecule has 1 amide bonds. The lowest BCUT2D eigenvalue weighted by Crippen LogP contribution is -2.15. The summed E-state index contributed by atoms with van der Waals surface area (Å²) in [7, 11) is 0. The molecule has 0 radical (unpaired) electrons. The van der Waals surface area contributed by atoms with Gasteiger partial charge in [-0.05, 0) is 46.3 Å². The number of ether oxygens (including phenoxy) is 1. The Balaban J connectivity index is 1.82. The van der Waals surface area contributed by atoms with Gasteiger partial charge in [0.15, 0.2) is 0 Å². The molecule has 0 saturated heterocycles. The van der Waals surface area contributed by atoms with Crippen molar-refractivity contribution in [3.05, 3.63) is 58.0 Å². The van der Waals surface area contributed by atoms with Gasteiger partial charge >= 0.3 is 0 Å². The minimum absolute atomic E-state index is 0.121. The maximum absolute atomic E-state index is 11.8. The molecule has 0 aliphatic carbocycles. The molecule has 0 bridgehead atoms. The van der Waals surface area contributed by atoms with Crippen LogP contribution in [-0.2, 0) is 4.79 Å². The van der Waals surface area contributed by atoms with Gasteiger partial charge in [-0.2, -0.15) is 0 Å². The minimum Gasteiger partial charge on any atom is -0.493 e. The fourth-order valence-electron chi connectivity index (χ4n) is 1.58. The molecule has 2 aromatic rings. The Bertz CT molecular complexity index is 590. The molecule has 0 aliphatic heterocycles. The smallest absolute Gasteiger partial charge is 0.227 e. The minimum atomic E-state index is -0.121. The lowest BCUT2D eigenvalue weighted by atomic mass is 10.3. The number of carbonyl (C=O) groups is 1. The molecular weight excluding hydrogens is 342 g/mol. The first kappa shape index (κ1) is 14.9. The van der Waals surface area contributed by atoms with E-state index in [-0.39, 0.29) is 12.3 Å². The summed E-state index contributed by atoms with van der Waals surface area (Å²) in [6, 6.07) is 14.6. The van der Waals surface area contributed by atoms with E-state index in [1.54, 1.807) is 18.2 Å². The van der Waals surface area contributed by atoms with Crippen molar-refractivity contribution in [3.8, 4) is 5.75 Å². The molecule has 3 nitrogen and oxygen atoms in total. The van der Waals surface area contributed by atoms with Crippen LogP contribution in [0.4, 0.5) is 5.69 Å². The fraction of sp³-hybridized carbons (Fsp3) is 0.133. The number of amides is 1. The number of nitrogens with one attached hydrogen (secondary N) is 1. The topological polar surface area (TPSA) is 38.3 Å². The largest absolute Gasteiger partial charge is 0.493 e. The highest BCUT2D eigenvalue weighted by molar-refractivity contribution is 9.10. The van der Waals surface area contributed by atoms with Crippen LogP contribution in [0.25, 0.3) is 0 Å². The van der Waals surface area contributed by atoms with Crippen LogP contribution in [-0.4, -0.2) is 12.5 Å². The Kier molecular flexibility index (Phi) is 5.44. The molecule has 1 N–H and O–H groups in total. The summed E-state index contributed by atoms with van der Waals surface area (Å²) in [4.78, 5) is 11.8. The van der Waals surface area contributed by atoms with Gasteiger partial charge in [0.1, 0.15) is 5.75 Å². The van der Waals surface area contributed by atoms with Gasteiger partial charge in [0.05, 0.1) is 18.7 Å². The van der Waals surface area contributed by atoms with Gasteiger partial charge in [0.2, 0.25) is 5.91 Å². The van der Waals surface area contributed by atoms with E-state index >= 15 is 0 Å². The van der Waals surface area contributed by atoms with Crippen molar-refractivity contribution in [3.63, 3.8) is 0 Å². The molecule has 0 aliphatic rings. The first-order valence-electron chi connectivity index (χ1n) is 6.08. The molecule has 5 heteroatoms. The summed E-state index contributed by atoms with van der Waals surface area (Å²) in [6.07, 6.45) is 0.272. The Morgan fingerprint density at radius 3 is 2.70 bits per heavy atom. The number of benzene rings is 2. The van der Waals surface area contributed by atoms with Gasteiger partial charge < -0.3 is 10.1 Å². The molecule has 0 atom stereocenters. The Labute approximate surface area is 131 Å². The molecule has 0 heterocycles. The van der Waals surface area contributed by atoms with Crippen LogP contribution in [0, 0.1) is 0 Å². The number of rotatable bonds is 5. The molecule has 0 unspecified atom stereocenters. The van der Waals surface area contributed by atoms with E-state index in [9.17, 15) is 4.79 Å². The second kappa shape index (κ2) is 7.31. The predicted molar refractivity (Wildman–Crippen MR) is 84.3 cm³/mol. The van der Waals surface area contributed by atoms with Crippen LogP contribution in [0.1, 0.15) is 6.42 Å². The second-order valence-corrected chi connectivity index (χ2v) is 5.37. The van der Waals surface area contributed by atoms with E-state index in [2.05, 4.69) is 21.2 Å². The lowest BCUT2D eigenvalue weighted by Gasteiger charge is -2.09. The van der Waals surface area contributed by atoms with Crippen molar-refractivity contribution in [1.82, 2.24) is 0 Å². The average Bonchev–Trinajstić information content (AvgIpc) is 2.44. The lowest BCUT2D eigenvalue weighted by molar-refractivity contribution is -0.116. The molecule has 0 fully saturated rings. The quantitative estimate of drug-likeness (QED) is 0.858. The highest BCUT2D eigenvalue weighted by Gasteiger charge is 2.06. The monoisotopic (exact) mass is 353 g/mol. The standard InChI is InChI=1S/C15H13BrClNO2/c16-13-7-6-11(17)10-14(13)18-15(19)8-9-20-12-4-2-1-3-5-12/h1-7,10H,8-9H2,(H,18,19). The van der Waals surface area contributed by atoms with Gasteiger partial charge in [-0.15, -0.1) is 0 Å². The number of hydrogen-bond donors (Lipinski definition) is 1. The van der Waals surface area contributed by atoms with E-state index in [0.29, 0.717) is 17.3 Å². The highest BCUT2D eigenvalue weighted by atomic mass is 79.9. The van der Waals surface area contributed by atoms with Crippen molar-refractivity contribution < 1.29 is 9.53 Å². The summed E-state index contributed by atoms with van der Waals surface area (Å²) in [5, 5.41) is 3.36. The third kappa shape index (κ3) is 4.54. The molecule has 2 rings (SSSR count). The van der Waals surface area contributed by atoms with Crippen molar-refractivity contribution in [2.45, 2.75) is 6.42 Å². The fourth-order valence-corrected chi connectivity index (χ4v) is 2.10. The van der Waals surface area contributed by atoms with Crippen LogP contribution < -0.4 is 10.1 Å². The van der Waals surface area contributed by atoms with Crippen LogP contribution in [0.5, 0.6) is 5.75 Å². The summed E-state index contributed by atoms with van der Waals surface area (Å²) in [6.45, 7) is 0.327. The predicted octanol–water partition coefficient (Wildman–Crippen LogP) is 4.51. The number of anilines is 1. The van der Waals surface area contributed by atoms with E-state index in [4.69, 9.17) is 16.3 Å². The van der Waals surface area contributed by atoms with Gasteiger partial charge in [-0.1, -0.05) is 29.8 Å². The normalized spacial score (nSPS) is 10.1. The van der Waals surface area contributed by atoms with E-state index in [1.165, 1.54) is 0 Å². The highest BCUT2D eigenvalue weighted by Crippen LogP contribution is 2.25. The van der Waals surface area contributed by atoms with E-state index in [1.807, 2.05) is 30.3 Å². The maximum atomic E-state index is 11.8. The molecule has 0 spiro atoms.